The SMILES string of the molecule is C=Cc1c(C=C)n(-c2ccc(C#N)cc2)c2ccccc12. The van der Waals surface area contributed by atoms with Crippen LogP contribution in [0.15, 0.2) is 61.7 Å². The van der Waals surface area contributed by atoms with Gasteiger partial charge >= 0.3 is 0 Å². The third kappa shape index (κ3) is 1.96. The molecule has 0 spiro atoms. The van der Waals surface area contributed by atoms with E-state index in [1.807, 2.05) is 48.6 Å². The molecule has 0 aliphatic rings. The van der Waals surface area contributed by atoms with Crippen LogP contribution in [0.2, 0.25) is 0 Å². The van der Waals surface area contributed by atoms with Crippen LogP contribution < -0.4 is 0 Å². The first-order chi connectivity index (χ1) is 10.3. The average Bonchev–Trinajstić information content (AvgIpc) is 2.88. The van der Waals surface area contributed by atoms with Crippen LogP contribution in [0.4, 0.5) is 0 Å². The van der Waals surface area contributed by atoms with Crippen molar-refractivity contribution in [3.05, 3.63) is 78.5 Å². The summed E-state index contributed by atoms with van der Waals surface area (Å²) in [5.41, 5.74) is 4.85. The predicted octanol–water partition coefficient (Wildman–Crippen LogP) is 4.79. The third-order valence-electron chi connectivity index (χ3n) is 3.60. The lowest BCUT2D eigenvalue weighted by atomic mass is 10.1. The molecule has 0 atom stereocenters. The van der Waals surface area contributed by atoms with E-state index < -0.39 is 0 Å². The highest BCUT2D eigenvalue weighted by Crippen LogP contribution is 2.31. The molecule has 0 aliphatic carbocycles. The molecule has 0 saturated carbocycles. The van der Waals surface area contributed by atoms with Crippen LogP contribution in [0.25, 0.3) is 28.7 Å². The maximum Gasteiger partial charge on any atom is 0.0991 e. The van der Waals surface area contributed by atoms with Crippen molar-refractivity contribution >= 4 is 23.1 Å². The number of benzene rings is 2. The van der Waals surface area contributed by atoms with E-state index in [0.717, 1.165) is 27.8 Å². The zero-order valence-corrected chi connectivity index (χ0v) is 11.6. The molecule has 0 N–H and O–H groups in total. The number of nitriles is 1. The summed E-state index contributed by atoms with van der Waals surface area (Å²) in [6.07, 6.45) is 3.70. The second kappa shape index (κ2) is 5.15. The van der Waals surface area contributed by atoms with Gasteiger partial charge in [0.15, 0.2) is 0 Å². The van der Waals surface area contributed by atoms with Crippen LogP contribution in [0, 0.1) is 11.3 Å². The van der Waals surface area contributed by atoms with Crippen molar-refractivity contribution in [2.75, 3.05) is 0 Å². The van der Waals surface area contributed by atoms with Crippen molar-refractivity contribution in [3.63, 3.8) is 0 Å². The van der Waals surface area contributed by atoms with E-state index >= 15 is 0 Å². The summed E-state index contributed by atoms with van der Waals surface area (Å²) in [6, 6.07) is 17.9. The van der Waals surface area contributed by atoms with Crippen LogP contribution in [0.1, 0.15) is 16.8 Å². The summed E-state index contributed by atoms with van der Waals surface area (Å²) in [6.45, 7) is 7.85. The minimum Gasteiger partial charge on any atom is -0.309 e. The zero-order valence-electron chi connectivity index (χ0n) is 11.6. The van der Waals surface area contributed by atoms with Crippen molar-refractivity contribution in [2.45, 2.75) is 0 Å². The Bertz CT molecular complexity index is 874. The van der Waals surface area contributed by atoms with E-state index in [2.05, 4.69) is 35.9 Å². The Morgan fingerprint density at radius 3 is 2.29 bits per heavy atom. The molecule has 1 aromatic heterocycles. The maximum absolute atomic E-state index is 8.93. The van der Waals surface area contributed by atoms with Crippen LogP contribution in [-0.2, 0) is 0 Å². The van der Waals surface area contributed by atoms with E-state index in [9.17, 15) is 0 Å². The third-order valence-corrected chi connectivity index (χ3v) is 3.60. The molecule has 21 heavy (non-hydrogen) atoms. The molecule has 0 fully saturated rings. The number of hydrogen-bond donors (Lipinski definition) is 0. The predicted molar refractivity (Wildman–Crippen MR) is 88.2 cm³/mol. The van der Waals surface area contributed by atoms with E-state index in [1.165, 1.54) is 0 Å². The monoisotopic (exact) mass is 270 g/mol. The van der Waals surface area contributed by atoms with Gasteiger partial charge < -0.3 is 4.57 Å². The van der Waals surface area contributed by atoms with E-state index in [4.69, 9.17) is 5.26 Å². The summed E-state index contributed by atoms with van der Waals surface area (Å²) in [7, 11) is 0. The molecule has 0 saturated heterocycles. The molecule has 100 valence electrons. The molecular formula is C19H14N2. The largest absolute Gasteiger partial charge is 0.309 e. The molecule has 0 bridgehead atoms. The standard InChI is InChI=1S/C19H14N2/c1-3-16-17-7-5-6-8-19(17)21(18(16)4-2)15-11-9-14(13-20)10-12-15/h3-12H,1-2H2. The number of aromatic nitrogens is 1. The van der Waals surface area contributed by atoms with Crippen molar-refractivity contribution < 1.29 is 0 Å². The Morgan fingerprint density at radius 1 is 0.952 bits per heavy atom. The fourth-order valence-corrected chi connectivity index (χ4v) is 2.66. The second-order valence-electron chi connectivity index (χ2n) is 4.72. The molecule has 0 unspecified atom stereocenters. The number of nitrogens with zero attached hydrogens (tertiary/aromatic N) is 2. The Hall–Kier alpha value is -3.05. The molecular weight excluding hydrogens is 256 g/mol. The van der Waals surface area contributed by atoms with Crippen molar-refractivity contribution in [1.82, 2.24) is 4.57 Å². The number of hydrogen-bond acceptors (Lipinski definition) is 1. The Balaban J connectivity index is 2.37. The Labute approximate surface area is 123 Å². The number of rotatable bonds is 3. The highest BCUT2D eigenvalue weighted by Gasteiger charge is 2.13. The highest BCUT2D eigenvalue weighted by atomic mass is 15.0. The minimum atomic E-state index is 0.652. The van der Waals surface area contributed by atoms with Gasteiger partial charge in [0.2, 0.25) is 0 Å². The smallest absolute Gasteiger partial charge is 0.0991 e. The summed E-state index contributed by atoms with van der Waals surface area (Å²) < 4.78 is 2.14. The van der Waals surface area contributed by atoms with Crippen molar-refractivity contribution in [2.24, 2.45) is 0 Å². The molecule has 0 amide bonds. The fraction of sp³-hybridized carbons (Fsp3) is 0. The van der Waals surface area contributed by atoms with E-state index in [0.29, 0.717) is 5.56 Å². The molecule has 2 heteroatoms. The van der Waals surface area contributed by atoms with Gasteiger partial charge in [-0.2, -0.15) is 5.26 Å². The Kier molecular flexibility index (Phi) is 3.17. The lowest BCUT2D eigenvalue weighted by molar-refractivity contribution is 1.10. The van der Waals surface area contributed by atoms with E-state index in [1.54, 1.807) is 0 Å². The normalized spacial score (nSPS) is 10.2. The molecule has 0 radical (unpaired) electrons. The molecule has 3 aromatic rings. The van der Waals surface area contributed by atoms with Crippen LogP contribution in [0.5, 0.6) is 0 Å². The topological polar surface area (TPSA) is 28.7 Å². The summed E-state index contributed by atoms with van der Waals surface area (Å²) in [5, 5.41) is 10.1. The number of para-hydroxylation sites is 1. The summed E-state index contributed by atoms with van der Waals surface area (Å²) >= 11 is 0. The summed E-state index contributed by atoms with van der Waals surface area (Å²) in [4.78, 5) is 0. The average molecular weight is 270 g/mol. The van der Waals surface area contributed by atoms with Crippen LogP contribution >= 0.6 is 0 Å². The lowest BCUT2D eigenvalue weighted by Crippen LogP contribution is -1.96. The van der Waals surface area contributed by atoms with Gasteiger partial charge in [0, 0.05) is 16.6 Å². The highest BCUT2D eigenvalue weighted by molar-refractivity contribution is 5.95. The maximum atomic E-state index is 8.93. The van der Waals surface area contributed by atoms with Gasteiger partial charge in [0.1, 0.15) is 0 Å². The van der Waals surface area contributed by atoms with Crippen LogP contribution in [0.3, 0.4) is 0 Å². The van der Waals surface area contributed by atoms with Gasteiger partial charge in [-0.05, 0) is 36.4 Å². The van der Waals surface area contributed by atoms with Gasteiger partial charge in [0.05, 0.1) is 22.8 Å². The zero-order chi connectivity index (χ0) is 14.8. The first kappa shape index (κ1) is 13.0. The van der Waals surface area contributed by atoms with Gasteiger partial charge in [-0.3, -0.25) is 0 Å². The minimum absolute atomic E-state index is 0.652. The molecule has 1 heterocycles. The quantitative estimate of drug-likeness (QED) is 0.672. The Morgan fingerprint density at radius 2 is 1.67 bits per heavy atom. The molecule has 2 nitrogen and oxygen atoms in total. The van der Waals surface area contributed by atoms with E-state index in [-0.39, 0.29) is 0 Å². The summed E-state index contributed by atoms with van der Waals surface area (Å²) in [5.74, 6) is 0. The first-order valence-corrected chi connectivity index (χ1v) is 6.69. The van der Waals surface area contributed by atoms with Crippen molar-refractivity contribution in [1.29, 1.82) is 5.26 Å². The van der Waals surface area contributed by atoms with Gasteiger partial charge in [0.25, 0.3) is 0 Å². The molecule has 2 aromatic carbocycles. The van der Waals surface area contributed by atoms with Gasteiger partial charge in [-0.15, -0.1) is 0 Å². The number of fused-ring (bicyclic) bond motifs is 1. The van der Waals surface area contributed by atoms with Crippen LogP contribution in [-0.4, -0.2) is 4.57 Å². The molecule has 0 aliphatic heterocycles. The first-order valence-electron chi connectivity index (χ1n) is 6.69. The second-order valence-corrected chi connectivity index (χ2v) is 4.72. The molecule has 3 rings (SSSR count). The van der Waals surface area contributed by atoms with Gasteiger partial charge in [-0.1, -0.05) is 37.4 Å². The van der Waals surface area contributed by atoms with Gasteiger partial charge in [-0.25, -0.2) is 0 Å². The lowest BCUT2D eigenvalue weighted by Gasteiger charge is -2.09. The fourth-order valence-electron chi connectivity index (χ4n) is 2.66. The van der Waals surface area contributed by atoms with Crippen molar-refractivity contribution in [3.8, 4) is 11.8 Å².